The lowest BCUT2D eigenvalue weighted by atomic mass is 9.87. The standard InChI is InChI=1S/C23H26N2O5/c1-14-19(25-22(26)17-5-3-4-6-18(17)23(25)27)12-30-20(21(14)24)13-29-11-15-7-9-16(28-2)10-8-15/h3-10,14,19-21H,11-13,24H2,1-2H3/t14-,19?,20?,21-/m1/s1. The van der Waals surface area contributed by atoms with Gasteiger partial charge in [-0.15, -0.1) is 0 Å². The number of benzene rings is 2. The highest BCUT2D eigenvalue weighted by molar-refractivity contribution is 6.21. The Hall–Kier alpha value is -2.74. The summed E-state index contributed by atoms with van der Waals surface area (Å²) in [7, 11) is 1.63. The van der Waals surface area contributed by atoms with Crippen molar-refractivity contribution >= 4 is 11.8 Å². The molecule has 0 spiro atoms. The van der Waals surface area contributed by atoms with Crippen molar-refractivity contribution in [2.24, 2.45) is 11.7 Å². The van der Waals surface area contributed by atoms with Crippen molar-refractivity contribution in [3.8, 4) is 5.75 Å². The predicted molar refractivity (Wildman–Crippen MR) is 110 cm³/mol. The molecule has 0 bridgehead atoms. The third-order valence-electron chi connectivity index (χ3n) is 5.99. The normalized spacial score (nSPS) is 26.0. The Balaban J connectivity index is 1.35. The van der Waals surface area contributed by atoms with Crippen LogP contribution in [0.4, 0.5) is 0 Å². The van der Waals surface area contributed by atoms with Crippen LogP contribution in [0.1, 0.15) is 33.2 Å². The van der Waals surface area contributed by atoms with E-state index in [-0.39, 0.29) is 36.5 Å². The highest BCUT2D eigenvalue weighted by Gasteiger charge is 2.46. The number of fused-ring (bicyclic) bond motifs is 1. The van der Waals surface area contributed by atoms with Crippen LogP contribution in [0, 0.1) is 5.92 Å². The number of carbonyl (C=O) groups is 2. The Morgan fingerprint density at radius 2 is 1.70 bits per heavy atom. The number of rotatable bonds is 6. The number of methoxy groups -OCH3 is 1. The van der Waals surface area contributed by atoms with Gasteiger partial charge in [0.15, 0.2) is 0 Å². The molecule has 1 saturated heterocycles. The largest absolute Gasteiger partial charge is 0.497 e. The van der Waals surface area contributed by atoms with E-state index in [1.807, 2.05) is 31.2 Å². The molecule has 7 nitrogen and oxygen atoms in total. The molecule has 30 heavy (non-hydrogen) atoms. The van der Waals surface area contributed by atoms with Gasteiger partial charge < -0.3 is 19.9 Å². The van der Waals surface area contributed by atoms with Gasteiger partial charge in [-0.3, -0.25) is 14.5 Å². The molecule has 0 saturated carbocycles. The molecule has 158 valence electrons. The van der Waals surface area contributed by atoms with Gasteiger partial charge in [0.1, 0.15) is 5.75 Å². The summed E-state index contributed by atoms with van der Waals surface area (Å²) in [5.41, 5.74) is 8.32. The van der Waals surface area contributed by atoms with Gasteiger partial charge in [-0.25, -0.2) is 0 Å². The topological polar surface area (TPSA) is 91.1 Å². The Labute approximate surface area is 175 Å². The molecule has 4 atom stereocenters. The molecular weight excluding hydrogens is 384 g/mol. The molecule has 4 rings (SSSR count). The van der Waals surface area contributed by atoms with Gasteiger partial charge >= 0.3 is 0 Å². The molecule has 2 aromatic carbocycles. The van der Waals surface area contributed by atoms with Crippen molar-refractivity contribution in [2.75, 3.05) is 20.3 Å². The molecule has 1 fully saturated rings. The molecule has 0 radical (unpaired) electrons. The fourth-order valence-electron chi connectivity index (χ4n) is 4.07. The van der Waals surface area contributed by atoms with Gasteiger partial charge in [0.2, 0.25) is 0 Å². The Morgan fingerprint density at radius 1 is 1.07 bits per heavy atom. The minimum absolute atomic E-state index is 0.115. The molecular formula is C23H26N2O5. The van der Waals surface area contributed by atoms with Gasteiger partial charge in [-0.1, -0.05) is 31.2 Å². The Morgan fingerprint density at radius 3 is 2.30 bits per heavy atom. The summed E-state index contributed by atoms with van der Waals surface area (Å²) in [5, 5.41) is 0. The van der Waals surface area contributed by atoms with Crippen LogP contribution in [0.2, 0.25) is 0 Å². The lowest BCUT2D eigenvalue weighted by Gasteiger charge is -2.42. The molecule has 7 heteroatoms. The zero-order valence-electron chi connectivity index (χ0n) is 17.1. The first kappa shape index (κ1) is 20.5. The first-order valence-electron chi connectivity index (χ1n) is 10.1. The van der Waals surface area contributed by atoms with E-state index in [4.69, 9.17) is 19.9 Å². The molecule has 2 amide bonds. The minimum Gasteiger partial charge on any atom is -0.497 e. The van der Waals surface area contributed by atoms with Gasteiger partial charge in [-0.2, -0.15) is 0 Å². The first-order valence-corrected chi connectivity index (χ1v) is 10.1. The summed E-state index contributed by atoms with van der Waals surface area (Å²) in [6.45, 7) is 2.98. The molecule has 0 aromatic heterocycles. The van der Waals surface area contributed by atoms with Crippen molar-refractivity contribution in [3.63, 3.8) is 0 Å². The average Bonchev–Trinajstić information content (AvgIpc) is 3.02. The summed E-state index contributed by atoms with van der Waals surface area (Å²) in [4.78, 5) is 26.9. The number of nitrogens with zero attached hydrogens (tertiary/aromatic N) is 1. The molecule has 2 heterocycles. The van der Waals surface area contributed by atoms with E-state index in [2.05, 4.69) is 0 Å². The van der Waals surface area contributed by atoms with E-state index < -0.39 is 6.04 Å². The van der Waals surface area contributed by atoms with Crippen molar-refractivity contribution in [2.45, 2.75) is 31.7 Å². The number of imide groups is 1. The third kappa shape index (κ3) is 3.71. The van der Waals surface area contributed by atoms with E-state index >= 15 is 0 Å². The van der Waals surface area contributed by atoms with Crippen molar-refractivity contribution < 1.29 is 23.8 Å². The maximum absolute atomic E-state index is 12.8. The van der Waals surface area contributed by atoms with Gasteiger partial charge in [-0.05, 0) is 35.7 Å². The smallest absolute Gasteiger partial charge is 0.261 e. The van der Waals surface area contributed by atoms with Crippen LogP contribution in [0.3, 0.4) is 0 Å². The maximum Gasteiger partial charge on any atom is 0.261 e. The SMILES string of the molecule is COc1ccc(COCC2OCC(N3C(=O)c4ccccc4C3=O)[C@@H](C)[C@H]2N)cc1. The van der Waals surface area contributed by atoms with Crippen molar-refractivity contribution in [1.29, 1.82) is 0 Å². The lowest BCUT2D eigenvalue weighted by Crippen LogP contribution is -2.60. The van der Waals surface area contributed by atoms with Crippen LogP contribution in [0.25, 0.3) is 0 Å². The second-order valence-corrected chi connectivity index (χ2v) is 7.76. The van der Waals surface area contributed by atoms with Gasteiger partial charge in [0.05, 0.1) is 50.2 Å². The van der Waals surface area contributed by atoms with E-state index in [0.717, 1.165) is 11.3 Å². The molecule has 2 aromatic rings. The number of amides is 2. The monoisotopic (exact) mass is 410 g/mol. The number of hydrogen-bond acceptors (Lipinski definition) is 6. The van der Waals surface area contributed by atoms with Crippen molar-refractivity contribution in [1.82, 2.24) is 4.90 Å². The maximum atomic E-state index is 12.8. The molecule has 2 unspecified atom stereocenters. The van der Waals surface area contributed by atoms with Gasteiger partial charge in [0, 0.05) is 6.04 Å². The molecule has 0 aliphatic carbocycles. The van der Waals surface area contributed by atoms with Crippen LogP contribution in [-0.4, -0.2) is 55.2 Å². The summed E-state index contributed by atoms with van der Waals surface area (Å²) < 4.78 is 16.9. The zero-order valence-corrected chi connectivity index (χ0v) is 17.1. The number of ether oxygens (including phenoxy) is 3. The summed E-state index contributed by atoms with van der Waals surface area (Å²) >= 11 is 0. The van der Waals surface area contributed by atoms with Crippen LogP contribution in [0.5, 0.6) is 5.75 Å². The van der Waals surface area contributed by atoms with E-state index in [0.29, 0.717) is 24.3 Å². The van der Waals surface area contributed by atoms with Crippen LogP contribution in [-0.2, 0) is 16.1 Å². The highest BCUT2D eigenvalue weighted by Crippen LogP contribution is 2.31. The second kappa shape index (κ2) is 8.55. The quantitative estimate of drug-likeness (QED) is 0.735. The number of hydrogen-bond donors (Lipinski definition) is 1. The number of carbonyl (C=O) groups excluding carboxylic acids is 2. The van der Waals surface area contributed by atoms with Crippen LogP contribution < -0.4 is 10.5 Å². The highest BCUT2D eigenvalue weighted by atomic mass is 16.5. The Bertz CT molecular complexity index is 894. The average molecular weight is 410 g/mol. The molecule has 2 N–H and O–H groups in total. The third-order valence-corrected chi connectivity index (χ3v) is 5.99. The predicted octanol–water partition coefficient (Wildman–Crippen LogP) is 2.24. The lowest BCUT2D eigenvalue weighted by molar-refractivity contribution is -0.0955. The van der Waals surface area contributed by atoms with Crippen LogP contribution >= 0.6 is 0 Å². The second-order valence-electron chi connectivity index (χ2n) is 7.76. The van der Waals surface area contributed by atoms with Crippen LogP contribution in [0.15, 0.2) is 48.5 Å². The fraction of sp³-hybridized carbons (Fsp3) is 0.391. The fourth-order valence-corrected chi connectivity index (χ4v) is 4.07. The number of nitrogens with two attached hydrogens (primary N) is 1. The zero-order chi connectivity index (χ0) is 21.3. The first-order chi connectivity index (χ1) is 14.5. The minimum atomic E-state index is -0.398. The summed E-state index contributed by atoms with van der Waals surface area (Å²) in [5.74, 6) is 0.120. The van der Waals surface area contributed by atoms with Crippen molar-refractivity contribution in [3.05, 3.63) is 65.2 Å². The van der Waals surface area contributed by atoms with E-state index in [1.54, 1.807) is 31.4 Å². The van der Waals surface area contributed by atoms with E-state index in [1.165, 1.54) is 4.90 Å². The molecule has 2 aliphatic rings. The summed E-state index contributed by atoms with van der Waals surface area (Å²) in [6.07, 6.45) is -0.301. The van der Waals surface area contributed by atoms with Gasteiger partial charge in [0.25, 0.3) is 11.8 Å². The molecule has 2 aliphatic heterocycles. The summed E-state index contributed by atoms with van der Waals surface area (Å²) in [6, 6.07) is 13.8. The Kier molecular flexibility index (Phi) is 5.85. The van der Waals surface area contributed by atoms with E-state index in [9.17, 15) is 9.59 Å².